The van der Waals surface area contributed by atoms with Gasteiger partial charge in [0.25, 0.3) is 5.56 Å². The Morgan fingerprint density at radius 1 is 1.29 bits per heavy atom. The molecule has 3 aromatic heterocycles. The van der Waals surface area contributed by atoms with Crippen molar-refractivity contribution in [3.63, 3.8) is 0 Å². The topological polar surface area (TPSA) is 84.7 Å². The molecule has 0 spiro atoms. The number of carbonyl (C=O) groups is 1. The number of fused-ring (bicyclic) bond motifs is 2. The van der Waals surface area contributed by atoms with E-state index >= 15 is 0 Å². The van der Waals surface area contributed by atoms with Crippen molar-refractivity contribution in [3.8, 4) is 11.8 Å². The zero-order valence-corrected chi connectivity index (χ0v) is 16.8. The Morgan fingerprint density at radius 2 is 2.11 bits per heavy atom. The summed E-state index contributed by atoms with van der Waals surface area (Å²) >= 11 is 0. The number of carbonyl (C=O) groups excluding carboxylic acids is 1. The quantitative estimate of drug-likeness (QED) is 0.584. The average Bonchev–Trinajstić information content (AvgIpc) is 3.22. The second kappa shape index (κ2) is 8.79. The highest BCUT2D eigenvalue weighted by Crippen LogP contribution is 2.29. The van der Waals surface area contributed by atoms with Crippen LogP contribution in [-0.2, 0) is 17.9 Å². The molecule has 0 bridgehead atoms. The van der Waals surface area contributed by atoms with Crippen molar-refractivity contribution >= 4 is 33.5 Å². The Hall–Kier alpha value is -3.01. The minimum atomic E-state index is -0.110. The van der Waals surface area contributed by atoms with Crippen LogP contribution < -0.4 is 10.9 Å². The van der Waals surface area contributed by atoms with Crippen molar-refractivity contribution in [1.82, 2.24) is 19.3 Å². The van der Waals surface area contributed by atoms with Crippen LogP contribution in [0.3, 0.4) is 0 Å². The van der Waals surface area contributed by atoms with Gasteiger partial charge < -0.3 is 15.0 Å². The molecule has 1 amide bonds. The molecule has 148 valence electrons. The molecule has 0 atom stereocenters. The summed E-state index contributed by atoms with van der Waals surface area (Å²) in [7, 11) is 0. The van der Waals surface area contributed by atoms with Gasteiger partial charge in [0, 0.05) is 31.8 Å². The lowest BCUT2D eigenvalue weighted by Gasteiger charge is -2.08. The predicted molar refractivity (Wildman–Crippen MR) is 112 cm³/mol. The third-order valence-corrected chi connectivity index (χ3v) is 4.74. The van der Waals surface area contributed by atoms with Gasteiger partial charge in [-0.2, -0.15) is 0 Å². The third-order valence-electron chi connectivity index (χ3n) is 4.74. The van der Waals surface area contributed by atoms with Crippen molar-refractivity contribution in [2.45, 2.75) is 66.0 Å². The van der Waals surface area contributed by atoms with Crippen molar-refractivity contribution < 1.29 is 4.79 Å². The van der Waals surface area contributed by atoms with Crippen LogP contribution >= 0.6 is 0 Å². The van der Waals surface area contributed by atoms with Crippen LogP contribution in [0.15, 0.2) is 17.2 Å². The van der Waals surface area contributed by atoms with E-state index in [4.69, 9.17) is 4.98 Å². The number of rotatable bonds is 8. The van der Waals surface area contributed by atoms with E-state index < -0.39 is 0 Å². The summed E-state index contributed by atoms with van der Waals surface area (Å²) in [6.45, 7) is 7.17. The van der Waals surface area contributed by atoms with E-state index in [0.717, 1.165) is 24.6 Å². The SMILES string of the molecule is CC#CCCn1[nH]cc2c(NC(=O)CCCC)c3c(=O)n(CCC)cc3nc21. The molecule has 7 nitrogen and oxygen atoms in total. The largest absolute Gasteiger partial charge is 0.325 e. The first-order chi connectivity index (χ1) is 13.6. The van der Waals surface area contributed by atoms with E-state index in [1.807, 2.05) is 25.5 Å². The molecule has 0 aliphatic carbocycles. The molecule has 3 rings (SSSR count). The number of anilines is 1. The number of unbranched alkanes of at least 4 members (excludes halogenated alkanes) is 1. The fraction of sp³-hybridized carbons (Fsp3) is 0.476. The van der Waals surface area contributed by atoms with Gasteiger partial charge in [-0.15, -0.1) is 11.8 Å². The number of hydrogen-bond acceptors (Lipinski definition) is 3. The smallest absolute Gasteiger partial charge is 0.262 e. The molecule has 0 aromatic carbocycles. The van der Waals surface area contributed by atoms with Gasteiger partial charge >= 0.3 is 0 Å². The fourth-order valence-corrected chi connectivity index (χ4v) is 3.35. The van der Waals surface area contributed by atoms with Crippen molar-refractivity contribution in [2.24, 2.45) is 0 Å². The number of nitrogens with zero attached hydrogens (tertiary/aromatic N) is 3. The summed E-state index contributed by atoms with van der Waals surface area (Å²) in [6.07, 6.45) is 7.31. The predicted octanol–water partition coefficient (Wildman–Crippen LogP) is 3.63. The van der Waals surface area contributed by atoms with Gasteiger partial charge in [-0.3, -0.25) is 14.3 Å². The Labute approximate surface area is 164 Å². The van der Waals surface area contributed by atoms with Crippen molar-refractivity contribution in [2.75, 3.05) is 5.32 Å². The number of H-pyrrole nitrogens is 1. The maximum Gasteiger partial charge on any atom is 0.262 e. The first-order valence-electron chi connectivity index (χ1n) is 9.90. The molecule has 28 heavy (non-hydrogen) atoms. The molecule has 0 aliphatic heterocycles. The first kappa shape index (κ1) is 19.7. The fourth-order valence-electron chi connectivity index (χ4n) is 3.35. The van der Waals surface area contributed by atoms with Gasteiger partial charge in [0.1, 0.15) is 0 Å². The minimum absolute atomic E-state index is 0.0807. The Balaban J connectivity index is 2.16. The van der Waals surface area contributed by atoms with Crippen LogP contribution in [0.5, 0.6) is 0 Å². The summed E-state index contributed by atoms with van der Waals surface area (Å²) in [5.74, 6) is 5.86. The van der Waals surface area contributed by atoms with Gasteiger partial charge in [-0.25, -0.2) is 4.98 Å². The highest BCUT2D eigenvalue weighted by molar-refractivity contribution is 6.11. The number of amides is 1. The molecule has 3 heterocycles. The van der Waals surface area contributed by atoms with Crippen LogP contribution in [0.4, 0.5) is 5.69 Å². The Kier molecular flexibility index (Phi) is 6.19. The first-order valence-corrected chi connectivity index (χ1v) is 9.90. The molecule has 7 heteroatoms. The third kappa shape index (κ3) is 3.81. The van der Waals surface area contributed by atoms with Crippen LogP contribution in [-0.4, -0.2) is 25.2 Å². The van der Waals surface area contributed by atoms with Crippen LogP contribution in [0.25, 0.3) is 21.9 Å². The van der Waals surface area contributed by atoms with E-state index in [1.54, 1.807) is 17.0 Å². The van der Waals surface area contributed by atoms with Gasteiger partial charge in [-0.1, -0.05) is 20.3 Å². The lowest BCUT2D eigenvalue weighted by atomic mass is 10.2. The number of nitrogens with one attached hydrogen (secondary N) is 2. The molecule has 0 unspecified atom stereocenters. The summed E-state index contributed by atoms with van der Waals surface area (Å²) in [5, 5.41) is 7.39. The zero-order chi connectivity index (χ0) is 20.1. The van der Waals surface area contributed by atoms with E-state index in [9.17, 15) is 9.59 Å². The van der Waals surface area contributed by atoms with Gasteiger partial charge in [0.2, 0.25) is 5.91 Å². The van der Waals surface area contributed by atoms with Gasteiger partial charge in [-0.05, 0) is 19.8 Å². The number of aryl methyl sites for hydroxylation is 2. The standard InChI is InChI=1S/C21H27N5O2/c1-4-7-9-12-26-20-15(13-22-26)19(24-17(27)10-8-5-2)18-16(23-20)14-25(11-6-3)21(18)28/h13-14,22H,5-6,8-12H2,1-3H3,(H,24,27). The number of hydrogen-bond donors (Lipinski definition) is 2. The normalized spacial score (nSPS) is 11.0. The molecule has 0 radical (unpaired) electrons. The summed E-state index contributed by atoms with van der Waals surface area (Å²) in [4.78, 5) is 30.1. The van der Waals surface area contributed by atoms with Crippen LogP contribution in [0.2, 0.25) is 0 Å². The molecule has 3 aromatic rings. The second-order valence-electron chi connectivity index (χ2n) is 6.87. The van der Waals surface area contributed by atoms with E-state index in [-0.39, 0.29) is 11.5 Å². The Morgan fingerprint density at radius 3 is 2.82 bits per heavy atom. The maximum atomic E-state index is 12.9. The van der Waals surface area contributed by atoms with Crippen molar-refractivity contribution in [3.05, 3.63) is 22.7 Å². The van der Waals surface area contributed by atoms with Crippen LogP contribution in [0.1, 0.15) is 52.9 Å². The minimum Gasteiger partial charge on any atom is -0.325 e. The Bertz CT molecular complexity index is 1110. The number of pyridine rings is 1. The molecule has 0 aliphatic rings. The highest BCUT2D eigenvalue weighted by atomic mass is 16.1. The molecule has 0 saturated carbocycles. The monoisotopic (exact) mass is 381 g/mol. The highest BCUT2D eigenvalue weighted by Gasteiger charge is 2.19. The lowest BCUT2D eigenvalue weighted by molar-refractivity contribution is -0.116. The van der Waals surface area contributed by atoms with E-state index in [1.165, 1.54) is 0 Å². The van der Waals surface area contributed by atoms with Crippen LogP contribution in [0, 0.1) is 11.8 Å². The average molecular weight is 381 g/mol. The lowest BCUT2D eigenvalue weighted by Crippen LogP contribution is -2.17. The summed E-state index contributed by atoms with van der Waals surface area (Å²) < 4.78 is 3.58. The molecule has 0 saturated heterocycles. The molecular formula is C21H27N5O2. The molecular weight excluding hydrogens is 354 g/mol. The van der Waals surface area contributed by atoms with E-state index in [2.05, 4.69) is 22.3 Å². The molecule has 2 N–H and O–H groups in total. The summed E-state index contributed by atoms with van der Waals surface area (Å²) in [6, 6.07) is 0. The van der Waals surface area contributed by atoms with Gasteiger partial charge in [0.15, 0.2) is 5.65 Å². The maximum absolute atomic E-state index is 12.9. The zero-order valence-electron chi connectivity index (χ0n) is 16.8. The van der Waals surface area contributed by atoms with E-state index in [0.29, 0.717) is 48.2 Å². The number of aromatic nitrogens is 4. The molecule has 0 fully saturated rings. The van der Waals surface area contributed by atoms with Gasteiger partial charge in [0.05, 0.1) is 28.5 Å². The number of aromatic amines is 1. The summed E-state index contributed by atoms with van der Waals surface area (Å²) in [5.41, 5.74) is 1.76. The second-order valence-corrected chi connectivity index (χ2v) is 6.87. The van der Waals surface area contributed by atoms with Crippen molar-refractivity contribution in [1.29, 1.82) is 0 Å².